The summed E-state index contributed by atoms with van der Waals surface area (Å²) in [4.78, 5) is 16.3. The largest absolute Gasteiger partial charge is 0.454 e. The first-order valence-electron chi connectivity index (χ1n) is 7.51. The van der Waals surface area contributed by atoms with Crippen LogP contribution in [-0.4, -0.2) is 28.5 Å². The molecule has 1 aliphatic heterocycles. The number of carbonyl (C=O) groups excluding carboxylic acids is 1. The van der Waals surface area contributed by atoms with Crippen LogP contribution < -0.4 is 14.9 Å². The first-order valence-corrected chi connectivity index (χ1v) is 8.31. The van der Waals surface area contributed by atoms with Gasteiger partial charge in [0, 0.05) is 10.0 Å². The zero-order valence-corrected chi connectivity index (χ0v) is 14.6. The lowest BCUT2D eigenvalue weighted by molar-refractivity contribution is -0.121. The first kappa shape index (κ1) is 15.6. The zero-order valence-electron chi connectivity index (χ0n) is 13.0. The fourth-order valence-electron chi connectivity index (χ4n) is 2.53. The number of hydrazone groups is 1. The van der Waals surface area contributed by atoms with Crippen LogP contribution in [0.4, 0.5) is 0 Å². The second kappa shape index (κ2) is 6.56. The molecule has 1 N–H and O–H groups in total. The van der Waals surface area contributed by atoms with Gasteiger partial charge in [0.25, 0.3) is 5.91 Å². The Morgan fingerprint density at radius 1 is 1.32 bits per heavy atom. The number of imidazole rings is 1. The highest BCUT2D eigenvalue weighted by atomic mass is 79.9. The van der Waals surface area contributed by atoms with E-state index in [2.05, 4.69) is 31.4 Å². The van der Waals surface area contributed by atoms with Gasteiger partial charge < -0.3 is 14.0 Å². The summed E-state index contributed by atoms with van der Waals surface area (Å²) in [5.41, 5.74) is 5.05. The highest BCUT2D eigenvalue weighted by molar-refractivity contribution is 9.10. The Bertz CT molecular complexity index is 983. The van der Waals surface area contributed by atoms with Crippen molar-refractivity contribution in [2.75, 3.05) is 6.79 Å². The van der Waals surface area contributed by atoms with Gasteiger partial charge in [0.05, 0.1) is 23.6 Å². The molecular weight excluding hydrogens is 388 g/mol. The third kappa shape index (κ3) is 3.20. The third-order valence-corrected chi connectivity index (χ3v) is 4.41. The maximum atomic E-state index is 12.1. The molecule has 3 aromatic rings. The van der Waals surface area contributed by atoms with E-state index in [0.717, 1.165) is 21.1 Å². The van der Waals surface area contributed by atoms with Crippen molar-refractivity contribution in [3.05, 3.63) is 52.8 Å². The van der Waals surface area contributed by atoms with Crippen molar-refractivity contribution in [1.29, 1.82) is 0 Å². The number of fused-ring (bicyclic) bond motifs is 2. The minimum Gasteiger partial charge on any atom is -0.454 e. The van der Waals surface area contributed by atoms with E-state index < -0.39 is 0 Å². The molecule has 0 saturated heterocycles. The highest BCUT2D eigenvalue weighted by Crippen LogP contribution is 2.36. The van der Waals surface area contributed by atoms with Crippen LogP contribution in [0, 0.1) is 0 Å². The summed E-state index contributed by atoms with van der Waals surface area (Å²) in [5, 5.41) is 4.00. The Morgan fingerprint density at radius 2 is 2.12 bits per heavy atom. The molecule has 126 valence electrons. The maximum absolute atomic E-state index is 12.1. The number of nitrogens with zero attached hydrogens (tertiary/aromatic N) is 3. The normalized spacial score (nSPS) is 12.8. The van der Waals surface area contributed by atoms with E-state index in [0.29, 0.717) is 11.5 Å². The average Bonchev–Trinajstić information content (AvgIpc) is 3.22. The SMILES string of the molecule is O=C(Cn1cnc2ccccc21)N/N=C/c1cc2c(cc1Br)OCO2. The summed E-state index contributed by atoms with van der Waals surface area (Å²) in [6.07, 6.45) is 3.19. The third-order valence-electron chi connectivity index (χ3n) is 3.73. The molecule has 0 atom stereocenters. The molecule has 1 aliphatic rings. The number of benzene rings is 2. The van der Waals surface area contributed by atoms with Crippen LogP contribution in [0.3, 0.4) is 0 Å². The molecule has 0 aliphatic carbocycles. The molecule has 7 nitrogen and oxygen atoms in total. The monoisotopic (exact) mass is 400 g/mol. The van der Waals surface area contributed by atoms with Gasteiger partial charge in [-0.1, -0.05) is 12.1 Å². The maximum Gasteiger partial charge on any atom is 0.260 e. The number of halogens is 1. The molecule has 1 amide bonds. The van der Waals surface area contributed by atoms with Crippen molar-refractivity contribution in [1.82, 2.24) is 15.0 Å². The van der Waals surface area contributed by atoms with Crippen molar-refractivity contribution in [3.63, 3.8) is 0 Å². The molecule has 0 saturated carbocycles. The quantitative estimate of drug-likeness (QED) is 0.539. The first-order chi connectivity index (χ1) is 12.2. The van der Waals surface area contributed by atoms with Crippen molar-refractivity contribution in [2.24, 2.45) is 5.10 Å². The van der Waals surface area contributed by atoms with Crippen LogP contribution in [0.5, 0.6) is 11.5 Å². The van der Waals surface area contributed by atoms with Crippen LogP contribution in [0.2, 0.25) is 0 Å². The number of nitrogens with one attached hydrogen (secondary N) is 1. The van der Waals surface area contributed by atoms with Gasteiger partial charge in [-0.25, -0.2) is 10.4 Å². The van der Waals surface area contributed by atoms with Gasteiger partial charge in [0.1, 0.15) is 6.54 Å². The highest BCUT2D eigenvalue weighted by Gasteiger charge is 2.15. The molecule has 4 rings (SSSR count). The van der Waals surface area contributed by atoms with Gasteiger partial charge in [0.15, 0.2) is 11.5 Å². The van der Waals surface area contributed by atoms with Gasteiger partial charge in [0.2, 0.25) is 6.79 Å². The van der Waals surface area contributed by atoms with Crippen LogP contribution in [-0.2, 0) is 11.3 Å². The Labute approximate surface area is 151 Å². The van der Waals surface area contributed by atoms with Gasteiger partial charge in [-0.15, -0.1) is 0 Å². The Balaban J connectivity index is 1.43. The van der Waals surface area contributed by atoms with Crippen molar-refractivity contribution < 1.29 is 14.3 Å². The smallest absolute Gasteiger partial charge is 0.260 e. The minimum absolute atomic E-state index is 0.139. The molecule has 2 heterocycles. The van der Waals surface area contributed by atoms with Crippen molar-refractivity contribution >= 4 is 39.1 Å². The second-order valence-corrected chi connectivity index (χ2v) is 6.24. The number of para-hydroxylation sites is 2. The molecular formula is C17H13BrN4O3. The fourth-order valence-corrected chi connectivity index (χ4v) is 2.96. The molecule has 0 spiro atoms. The molecule has 2 aromatic carbocycles. The topological polar surface area (TPSA) is 77.7 Å². The summed E-state index contributed by atoms with van der Waals surface area (Å²) in [6, 6.07) is 11.2. The summed E-state index contributed by atoms with van der Waals surface area (Å²) in [6.45, 7) is 0.345. The number of carbonyl (C=O) groups is 1. The predicted octanol–water partition coefficient (Wildman–Crippen LogP) is 2.68. The number of hydrogen-bond acceptors (Lipinski definition) is 5. The van der Waals surface area contributed by atoms with Gasteiger partial charge in [-0.05, 0) is 40.2 Å². The van der Waals surface area contributed by atoms with Crippen LogP contribution in [0.15, 0.2) is 52.3 Å². The van der Waals surface area contributed by atoms with E-state index in [-0.39, 0.29) is 19.2 Å². The molecule has 1 aromatic heterocycles. The molecule has 0 radical (unpaired) electrons. The number of ether oxygens (including phenoxy) is 2. The van der Waals surface area contributed by atoms with E-state index in [4.69, 9.17) is 9.47 Å². The van der Waals surface area contributed by atoms with Crippen LogP contribution >= 0.6 is 15.9 Å². The lowest BCUT2D eigenvalue weighted by atomic mass is 10.2. The summed E-state index contributed by atoms with van der Waals surface area (Å²) < 4.78 is 13.2. The average molecular weight is 401 g/mol. The zero-order chi connectivity index (χ0) is 17.2. The Hall–Kier alpha value is -2.87. The molecule has 0 bridgehead atoms. The van der Waals surface area contributed by atoms with Gasteiger partial charge in [-0.3, -0.25) is 4.79 Å². The molecule has 0 fully saturated rings. The van der Waals surface area contributed by atoms with E-state index in [9.17, 15) is 4.79 Å². The number of rotatable bonds is 4. The summed E-state index contributed by atoms with van der Waals surface area (Å²) >= 11 is 3.44. The van der Waals surface area contributed by atoms with Crippen molar-refractivity contribution in [3.8, 4) is 11.5 Å². The Kier molecular flexibility index (Phi) is 4.10. The van der Waals surface area contributed by atoms with E-state index in [1.165, 1.54) is 0 Å². The molecule has 25 heavy (non-hydrogen) atoms. The second-order valence-electron chi connectivity index (χ2n) is 5.38. The summed E-state index contributed by atoms with van der Waals surface area (Å²) in [7, 11) is 0. The van der Waals surface area contributed by atoms with E-state index >= 15 is 0 Å². The van der Waals surface area contributed by atoms with Crippen LogP contribution in [0.1, 0.15) is 5.56 Å². The van der Waals surface area contributed by atoms with E-state index in [1.54, 1.807) is 23.2 Å². The lowest BCUT2D eigenvalue weighted by Gasteiger charge is -2.04. The molecule has 8 heteroatoms. The summed E-state index contributed by atoms with van der Waals surface area (Å²) in [5.74, 6) is 1.09. The number of amides is 1. The van der Waals surface area contributed by atoms with Gasteiger partial charge >= 0.3 is 0 Å². The lowest BCUT2D eigenvalue weighted by Crippen LogP contribution is -2.22. The van der Waals surface area contributed by atoms with Crippen molar-refractivity contribution in [2.45, 2.75) is 6.54 Å². The predicted molar refractivity (Wildman–Crippen MR) is 95.7 cm³/mol. The van der Waals surface area contributed by atoms with E-state index in [1.807, 2.05) is 30.3 Å². The van der Waals surface area contributed by atoms with Crippen LogP contribution in [0.25, 0.3) is 11.0 Å². The fraction of sp³-hybridized carbons (Fsp3) is 0.118. The Morgan fingerprint density at radius 3 is 3.00 bits per heavy atom. The number of aromatic nitrogens is 2. The van der Waals surface area contributed by atoms with Gasteiger partial charge in [-0.2, -0.15) is 5.10 Å². The standard InChI is InChI=1S/C17H13BrN4O3/c18-12-6-16-15(24-10-25-16)5-11(12)7-20-21-17(23)8-22-9-19-13-3-1-2-4-14(13)22/h1-7,9H,8,10H2,(H,21,23)/b20-7+. The minimum atomic E-state index is -0.240. The molecule has 0 unspecified atom stereocenters. The number of hydrogen-bond donors (Lipinski definition) is 1.